The number of hydrogen-bond donors (Lipinski definition) is 1. The molecular weight excluding hydrogens is 300 g/mol. The van der Waals surface area contributed by atoms with Crippen molar-refractivity contribution in [2.75, 3.05) is 0 Å². The van der Waals surface area contributed by atoms with Crippen LogP contribution in [0.2, 0.25) is 5.02 Å². The van der Waals surface area contributed by atoms with Crippen LogP contribution < -0.4 is 5.32 Å². The lowest BCUT2D eigenvalue weighted by molar-refractivity contribution is 0.0930. The SMILES string of the molecule is CC[C@H](NC(=O)c1nn2cccnc2c1Cl)c1ccccc1. The van der Waals surface area contributed by atoms with Crippen LogP contribution in [0.1, 0.15) is 35.4 Å². The third-order valence-electron chi connectivity index (χ3n) is 3.47. The first-order valence-electron chi connectivity index (χ1n) is 7.05. The first-order valence-corrected chi connectivity index (χ1v) is 7.43. The van der Waals surface area contributed by atoms with Crippen LogP contribution in [-0.4, -0.2) is 20.5 Å². The summed E-state index contributed by atoms with van der Waals surface area (Å²) in [6.45, 7) is 2.02. The third-order valence-corrected chi connectivity index (χ3v) is 3.82. The van der Waals surface area contributed by atoms with Gasteiger partial charge in [-0.25, -0.2) is 9.50 Å². The molecule has 1 atom stereocenters. The Balaban J connectivity index is 1.88. The zero-order valence-corrected chi connectivity index (χ0v) is 12.8. The van der Waals surface area contributed by atoms with Gasteiger partial charge < -0.3 is 5.32 Å². The minimum absolute atomic E-state index is 0.0810. The van der Waals surface area contributed by atoms with Crippen LogP contribution in [0.5, 0.6) is 0 Å². The number of hydrogen-bond acceptors (Lipinski definition) is 3. The lowest BCUT2D eigenvalue weighted by Gasteiger charge is -2.16. The maximum absolute atomic E-state index is 12.5. The summed E-state index contributed by atoms with van der Waals surface area (Å²) in [4.78, 5) is 16.6. The van der Waals surface area contributed by atoms with Crippen molar-refractivity contribution < 1.29 is 4.79 Å². The number of carbonyl (C=O) groups excluding carboxylic acids is 1. The average molecular weight is 315 g/mol. The number of halogens is 1. The Morgan fingerprint density at radius 3 is 2.77 bits per heavy atom. The van der Waals surface area contributed by atoms with E-state index in [-0.39, 0.29) is 22.7 Å². The molecule has 6 heteroatoms. The van der Waals surface area contributed by atoms with Gasteiger partial charge in [0.1, 0.15) is 5.02 Å². The summed E-state index contributed by atoms with van der Waals surface area (Å²) in [5.74, 6) is -0.300. The Morgan fingerprint density at radius 2 is 2.09 bits per heavy atom. The molecule has 2 aromatic heterocycles. The molecule has 0 radical (unpaired) electrons. The summed E-state index contributed by atoms with van der Waals surface area (Å²) in [5, 5.41) is 7.44. The second-order valence-electron chi connectivity index (χ2n) is 4.90. The molecular formula is C16H15ClN4O. The molecule has 5 nitrogen and oxygen atoms in total. The second-order valence-corrected chi connectivity index (χ2v) is 5.27. The molecule has 0 saturated carbocycles. The molecule has 0 saturated heterocycles. The van der Waals surface area contributed by atoms with Gasteiger partial charge in [0.05, 0.1) is 6.04 Å². The zero-order valence-electron chi connectivity index (χ0n) is 12.0. The van der Waals surface area contributed by atoms with Gasteiger partial charge in [-0.3, -0.25) is 4.79 Å². The van der Waals surface area contributed by atoms with Gasteiger partial charge in [-0.1, -0.05) is 48.9 Å². The van der Waals surface area contributed by atoms with Gasteiger partial charge in [-0.2, -0.15) is 5.10 Å². The van der Waals surface area contributed by atoms with Gasteiger partial charge in [0.2, 0.25) is 0 Å². The zero-order chi connectivity index (χ0) is 15.5. The van der Waals surface area contributed by atoms with E-state index in [1.54, 1.807) is 18.5 Å². The fourth-order valence-corrected chi connectivity index (χ4v) is 2.60. The number of carbonyl (C=O) groups is 1. The monoisotopic (exact) mass is 314 g/mol. The predicted octanol–water partition coefficient (Wildman–Crippen LogP) is 3.26. The van der Waals surface area contributed by atoms with E-state index in [0.29, 0.717) is 5.65 Å². The highest BCUT2D eigenvalue weighted by Crippen LogP contribution is 2.22. The normalized spacial score (nSPS) is 12.3. The fourth-order valence-electron chi connectivity index (χ4n) is 2.34. The molecule has 1 amide bonds. The van der Waals surface area contributed by atoms with E-state index in [0.717, 1.165) is 12.0 Å². The number of nitrogens with one attached hydrogen (secondary N) is 1. The summed E-state index contributed by atoms with van der Waals surface area (Å²) in [6.07, 6.45) is 4.10. The highest BCUT2D eigenvalue weighted by atomic mass is 35.5. The molecule has 112 valence electrons. The van der Waals surface area contributed by atoms with Crippen molar-refractivity contribution in [1.29, 1.82) is 0 Å². The number of fused-ring (bicyclic) bond motifs is 1. The molecule has 0 unspecified atom stereocenters. The van der Waals surface area contributed by atoms with Crippen LogP contribution in [0, 0.1) is 0 Å². The molecule has 3 rings (SSSR count). The molecule has 3 aromatic rings. The molecule has 0 bridgehead atoms. The Morgan fingerprint density at radius 1 is 1.32 bits per heavy atom. The minimum atomic E-state index is -0.300. The lowest BCUT2D eigenvalue weighted by Crippen LogP contribution is -2.28. The van der Waals surface area contributed by atoms with E-state index in [4.69, 9.17) is 11.6 Å². The number of amides is 1. The maximum atomic E-state index is 12.5. The third kappa shape index (κ3) is 2.67. The maximum Gasteiger partial charge on any atom is 0.273 e. The van der Waals surface area contributed by atoms with Crippen molar-refractivity contribution in [3.8, 4) is 0 Å². The summed E-state index contributed by atoms with van der Waals surface area (Å²) < 4.78 is 1.50. The lowest BCUT2D eigenvalue weighted by atomic mass is 10.0. The summed E-state index contributed by atoms with van der Waals surface area (Å²) >= 11 is 6.22. The van der Waals surface area contributed by atoms with E-state index in [2.05, 4.69) is 15.4 Å². The van der Waals surface area contributed by atoms with E-state index in [1.807, 2.05) is 37.3 Å². The van der Waals surface area contributed by atoms with E-state index in [1.165, 1.54) is 4.52 Å². The van der Waals surface area contributed by atoms with Crippen LogP contribution >= 0.6 is 11.6 Å². The summed E-state index contributed by atoms with van der Waals surface area (Å²) in [5.41, 5.74) is 1.72. The van der Waals surface area contributed by atoms with Crippen molar-refractivity contribution in [2.45, 2.75) is 19.4 Å². The van der Waals surface area contributed by atoms with Crippen molar-refractivity contribution in [2.24, 2.45) is 0 Å². The molecule has 2 heterocycles. The smallest absolute Gasteiger partial charge is 0.273 e. The van der Waals surface area contributed by atoms with Crippen LogP contribution in [-0.2, 0) is 0 Å². The van der Waals surface area contributed by atoms with Gasteiger partial charge in [0.15, 0.2) is 11.3 Å². The first kappa shape index (κ1) is 14.5. The Kier molecular flexibility index (Phi) is 4.06. The summed E-state index contributed by atoms with van der Waals surface area (Å²) in [7, 11) is 0. The van der Waals surface area contributed by atoms with E-state index in [9.17, 15) is 4.79 Å². The predicted molar refractivity (Wildman–Crippen MR) is 84.9 cm³/mol. The molecule has 22 heavy (non-hydrogen) atoms. The average Bonchev–Trinajstić information content (AvgIpc) is 2.91. The topological polar surface area (TPSA) is 59.3 Å². The molecule has 1 aromatic carbocycles. The quantitative estimate of drug-likeness (QED) is 0.804. The van der Waals surface area contributed by atoms with Crippen LogP contribution in [0.25, 0.3) is 5.65 Å². The number of aromatic nitrogens is 3. The minimum Gasteiger partial charge on any atom is -0.344 e. The van der Waals surface area contributed by atoms with Gasteiger partial charge in [-0.15, -0.1) is 0 Å². The molecule has 0 aliphatic rings. The highest BCUT2D eigenvalue weighted by molar-refractivity contribution is 6.36. The van der Waals surface area contributed by atoms with Crippen molar-refractivity contribution in [3.05, 3.63) is 65.1 Å². The van der Waals surface area contributed by atoms with Gasteiger partial charge in [0.25, 0.3) is 5.91 Å². The largest absolute Gasteiger partial charge is 0.344 e. The van der Waals surface area contributed by atoms with Crippen LogP contribution in [0.3, 0.4) is 0 Å². The Labute approximate surface area is 132 Å². The molecule has 0 fully saturated rings. The molecule has 1 N–H and O–H groups in total. The van der Waals surface area contributed by atoms with Gasteiger partial charge in [-0.05, 0) is 18.1 Å². The Hall–Kier alpha value is -2.40. The van der Waals surface area contributed by atoms with Crippen molar-refractivity contribution >= 4 is 23.2 Å². The van der Waals surface area contributed by atoms with Crippen LogP contribution in [0.4, 0.5) is 0 Å². The Bertz CT molecular complexity index is 800. The van der Waals surface area contributed by atoms with Crippen LogP contribution in [0.15, 0.2) is 48.8 Å². The number of benzene rings is 1. The van der Waals surface area contributed by atoms with Crippen molar-refractivity contribution in [1.82, 2.24) is 19.9 Å². The summed E-state index contributed by atoms with van der Waals surface area (Å²) in [6, 6.07) is 11.5. The first-order chi connectivity index (χ1) is 10.7. The molecule has 0 aliphatic heterocycles. The second kappa shape index (κ2) is 6.15. The number of nitrogens with zero attached hydrogens (tertiary/aromatic N) is 3. The highest BCUT2D eigenvalue weighted by Gasteiger charge is 2.21. The molecule has 0 spiro atoms. The fraction of sp³-hybridized carbons (Fsp3) is 0.188. The van der Waals surface area contributed by atoms with Gasteiger partial charge >= 0.3 is 0 Å². The standard InChI is InChI=1S/C16H15ClN4O/c1-2-12(11-7-4-3-5-8-11)19-16(22)14-13(17)15-18-9-6-10-21(15)20-14/h3-10,12H,2H2,1H3,(H,19,22)/t12-/m0/s1. The van der Waals surface area contributed by atoms with Gasteiger partial charge in [0, 0.05) is 12.4 Å². The van der Waals surface area contributed by atoms with Crippen molar-refractivity contribution in [3.63, 3.8) is 0 Å². The number of rotatable bonds is 4. The van der Waals surface area contributed by atoms with E-state index >= 15 is 0 Å². The van der Waals surface area contributed by atoms with E-state index < -0.39 is 0 Å². The molecule has 0 aliphatic carbocycles.